The van der Waals surface area contributed by atoms with E-state index in [1.807, 2.05) is 10.9 Å². The summed E-state index contributed by atoms with van der Waals surface area (Å²) in [5.41, 5.74) is 0.424. The summed E-state index contributed by atoms with van der Waals surface area (Å²) < 4.78 is 6.84. The van der Waals surface area contributed by atoms with Gasteiger partial charge in [0.2, 0.25) is 0 Å². The fourth-order valence-electron chi connectivity index (χ4n) is 2.20. The second kappa shape index (κ2) is 5.14. The average Bonchev–Trinajstić information content (AvgIpc) is 2.80. The third-order valence-electron chi connectivity index (χ3n) is 3.04. The number of carbonyl (C=O) groups excluding carboxylic acids is 1. The van der Waals surface area contributed by atoms with Gasteiger partial charge >= 0.3 is 5.97 Å². The Hall–Kier alpha value is -1.32. The first-order valence-corrected chi connectivity index (χ1v) is 6.03. The van der Waals surface area contributed by atoms with Gasteiger partial charge in [-0.25, -0.2) is 4.79 Å². The smallest absolute Gasteiger partial charge is 0.358 e. The summed E-state index contributed by atoms with van der Waals surface area (Å²) in [5, 5.41) is 4.29. The molecular formula is C12H18N2O2. The first kappa shape index (κ1) is 11.2. The maximum absolute atomic E-state index is 11.4. The third kappa shape index (κ3) is 2.43. The van der Waals surface area contributed by atoms with E-state index in [1.54, 1.807) is 13.0 Å². The molecule has 1 saturated carbocycles. The van der Waals surface area contributed by atoms with Gasteiger partial charge in [-0.15, -0.1) is 0 Å². The Morgan fingerprint density at radius 2 is 2.25 bits per heavy atom. The highest BCUT2D eigenvalue weighted by Gasteiger charge is 2.18. The number of hydrogen-bond acceptors (Lipinski definition) is 3. The van der Waals surface area contributed by atoms with Gasteiger partial charge in [0.05, 0.1) is 12.6 Å². The highest BCUT2D eigenvalue weighted by molar-refractivity contribution is 5.86. The van der Waals surface area contributed by atoms with Crippen molar-refractivity contribution in [1.29, 1.82) is 0 Å². The first-order chi connectivity index (χ1) is 7.81. The summed E-state index contributed by atoms with van der Waals surface area (Å²) in [4.78, 5) is 11.4. The molecule has 0 atom stereocenters. The second-order valence-corrected chi connectivity index (χ2v) is 4.19. The zero-order valence-electron chi connectivity index (χ0n) is 9.69. The summed E-state index contributed by atoms with van der Waals surface area (Å²) in [6.45, 7) is 2.20. The minimum Gasteiger partial charge on any atom is -0.461 e. The number of carbonyl (C=O) groups is 1. The van der Waals surface area contributed by atoms with E-state index in [-0.39, 0.29) is 5.97 Å². The lowest BCUT2D eigenvalue weighted by Crippen LogP contribution is -2.14. The van der Waals surface area contributed by atoms with Crippen LogP contribution in [-0.4, -0.2) is 22.4 Å². The second-order valence-electron chi connectivity index (χ2n) is 4.19. The number of hydrogen-bond donors (Lipinski definition) is 0. The van der Waals surface area contributed by atoms with Crippen molar-refractivity contribution in [3.05, 3.63) is 18.0 Å². The lowest BCUT2D eigenvalue weighted by molar-refractivity contribution is 0.0518. The molecular weight excluding hydrogens is 204 g/mol. The van der Waals surface area contributed by atoms with Crippen LogP contribution in [0.25, 0.3) is 0 Å². The van der Waals surface area contributed by atoms with Gasteiger partial charge in [0.25, 0.3) is 0 Å². The Morgan fingerprint density at radius 3 is 2.94 bits per heavy atom. The highest BCUT2D eigenvalue weighted by atomic mass is 16.5. The highest BCUT2D eigenvalue weighted by Crippen LogP contribution is 2.27. The molecule has 0 bridgehead atoms. The van der Waals surface area contributed by atoms with E-state index in [4.69, 9.17) is 4.74 Å². The summed E-state index contributed by atoms with van der Waals surface area (Å²) in [6, 6.07) is 2.21. The van der Waals surface area contributed by atoms with Gasteiger partial charge < -0.3 is 4.74 Å². The van der Waals surface area contributed by atoms with Crippen LogP contribution in [0, 0.1) is 0 Å². The third-order valence-corrected chi connectivity index (χ3v) is 3.04. The number of ether oxygens (including phenoxy) is 1. The van der Waals surface area contributed by atoms with Gasteiger partial charge in [-0.3, -0.25) is 4.68 Å². The van der Waals surface area contributed by atoms with Crippen molar-refractivity contribution in [1.82, 2.24) is 9.78 Å². The van der Waals surface area contributed by atoms with Crippen LogP contribution in [0.3, 0.4) is 0 Å². The van der Waals surface area contributed by atoms with E-state index in [0.29, 0.717) is 18.3 Å². The van der Waals surface area contributed by atoms with Crippen molar-refractivity contribution in [2.24, 2.45) is 0 Å². The molecule has 1 aromatic heterocycles. The van der Waals surface area contributed by atoms with E-state index in [1.165, 1.54) is 32.1 Å². The predicted octanol–water partition coefficient (Wildman–Crippen LogP) is 2.57. The molecule has 0 radical (unpaired) electrons. The van der Waals surface area contributed by atoms with Crippen molar-refractivity contribution in [3.63, 3.8) is 0 Å². The Kier molecular flexibility index (Phi) is 3.59. The molecule has 1 aliphatic rings. The summed E-state index contributed by atoms with van der Waals surface area (Å²) in [7, 11) is 0. The van der Waals surface area contributed by atoms with Crippen LogP contribution in [0.4, 0.5) is 0 Å². The molecule has 0 aromatic carbocycles. The van der Waals surface area contributed by atoms with Gasteiger partial charge in [0, 0.05) is 6.20 Å². The molecule has 4 nitrogen and oxygen atoms in total. The molecule has 0 spiro atoms. The normalized spacial score (nSPS) is 17.3. The van der Waals surface area contributed by atoms with Crippen LogP contribution in [0.2, 0.25) is 0 Å². The van der Waals surface area contributed by atoms with Crippen LogP contribution in [0.1, 0.15) is 55.6 Å². The molecule has 16 heavy (non-hydrogen) atoms. The zero-order chi connectivity index (χ0) is 11.4. The van der Waals surface area contributed by atoms with Crippen LogP contribution in [-0.2, 0) is 4.74 Å². The molecule has 0 unspecified atom stereocenters. The van der Waals surface area contributed by atoms with Crippen LogP contribution in [0.5, 0.6) is 0 Å². The molecule has 0 N–H and O–H groups in total. The molecule has 0 amide bonds. The van der Waals surface area contributed by atoms with Gasteiger partial charge in [-0.2, -0.15) is 5.10 Å². The van der Waals surface area contributed by atoms with E-state index < -0.39 is 0 Å². The van der Waals surface area contributed by atoms with E-state index in [9.17, 15) is 4.79 Å². The minimum atomic E-state index is -0.322. The molecule has 1 aliphatic carbocycles. The van der Waals surface area contributed by atoms with Gasteiger partial charge in [-0.1, -0.05) is 19.3 Å². The molecule has 2 rings (SSSR count). The van der Waals surface area contributed by atoms with Crippen molar-refractivity contribution in [2.45, 2.75) is 45.1 Å². The summed E-state index contributed by atoms with van der Waals surface area (Å²) >= 11 is 0. The van der Waals surface area contributed by atoms with Gasteiger partial charge in [0.15, 0.2) is 5.69 Å². The van der Waals surface area contributed by atoms with Crippen LogP contribution in [0.15, 0.2) is 12.3 Å². The standard InChI is InChI=1S/C12H18N2O2/c1-2-16-12(15)11-8-9-14(13-11)10-6-4-3-5-7-10/h8-10H,2-7H2,1H3. The van der Waals surface area contributed by atoms with Crippen molar-refractivity contribution >= 4 is 5.97 Å². The quantitative estimate of drug-likeness (QED) is 0.738. The minimum absolute atomic E-state index is 0.322. The van der Waals surface area contributed by atoms with Crippen LogP contribution >= 0.6 is 0 Å². The summed E-state index contributed by atoms with van der Waals surface area (Å²) in [6.07, 6.45) is 8.08. The van der Waals surface area contributed by atoms with Crippen molar-refractivity contribution in [3.8, 4) is 0 Å². The maximum Gasteiger partial charge on any atom is 0.358 e. The fourth-order valence-corrected chi connectivity index (χ4v) is 2.20. The number of rotatable bonds is 3. The fraction of sp³-hybridized carbons (Fsp3) is 0.667. The molecule has 4 heteroatoms. The molecule has 0 aliphatic heterocycles. The number of aromatic nitrogens is 2. The van der Waals surface area contributed by atoms with Gasteiger partial charge in [-0.05, 0) is 25.8 Å². The predicted molar refractivity (Wildman–Crippen MR) is 60.3 cm³/mol. The van der Waals surface area contributed by atoms with E-state index >= 15 is 0 Å². The Labute approximate surface area is 95.6 Å². The van der Waals surface area contributed by atoms with E-state index in [0.717, 1.165) is 0 Å². The largest absolute Gasteiger partial charge is 0.461 e. The number of nitrogens with zero attached hydrogens (tertiary/aromatic N) is 2. The van der Waals surface area contributed by atoms with E-state index in [2.05, 4.69) is 5.10 Å². The zero-order valence-corrected chi connectivity index (χ0v) is 9.69. The maximum atomic E-state index is 11.4. The Morgan fingerprint density at radius 1 is 1.50 bits per heavy atom. The number of esters is 1. The molecule has 0 saturated heterocycles. The first-order valence-electron chi connectivity index (χ1n) is 6.03. The Balaban J connectivity index is 2.03. The van der Waals surface area contributed by atoms with Crippen LogP contribution < -0.4 is 0 Å². The summed E-state index contributed by atoms with van der Waals surface area (Å²) in [5.74, 6) is -0.322. The molecule has 1 heterocycles. The Bertz CT molecular complexity index is 354. The monoisotopic (exact) mass is 222 g/mol. The van der Waals surface area contributed by atoms with Gasteiger partial charge in [0.1, 0.15) is 0 Å². The molecule has 88 valence electrons. The lowest BCUT2D eigenvalue weighted by Gasteiger charge is -2.21. The van der Waals surface area contributed by atoms with Crippen molar-refractivity contribution < 1.29 is 9.53 Å². The average molecular weight is 222 g/mol. The molecule has 1 aromatic rings. The van der Waals surface area contributed by atoms with Crippen molar-refractivity contribution in [2.75, 3.05) is 6.61 Å². The SMILES string of the molecule is CCOC(=O)c1ccn(C2CCCCC2)n1. The molecule has 1 fully saturated rings. The topological polar surface area (TPSA) is 44.1 Å². The lowest BCUT2D eigenvalue weighted by atomic mass is 9.96.